The minimum absolute atomic E-state index is 0.176. The van der Waals surface area contributed by atoms with Crippen LogP contribution in [0.1, 0.15) is 4.88 Å². The van der Waals surface area contributed by atoms with Gasteiger partial charge in [0.05, 0.1) is 26.5 Å². The first kappa shape index (κ1) is 18.2. The molecule has 0 unspecified atom stereocenters. The van der Waals surface area contributed by atoms with Gasteiger partial charge < -0.3 is 14.8 Å². The van der Waals surface area contributed by atoms with Gasteiger partial charge in [0.15, 0.2) is 0 Å². The summed E-state index contributed by atoms with van der Waals surface area (Å²) < 4.78 is 36.9. The Kier molecular flexibility index (Phi) is 5.81. The first-order valence-corrected chi connectivity index (χ1v) is 9.23. The number of hydrogen-bond acceptors (Lipinski definition) is 6. The molecule has 0 aliphatic rings. The van der Waals surface area contributed by atoms with Gasteiger partial charge in [0.1, 0.15) is 15.7 Å². The molecule has 2 aromatic rings. The average molecular weight is 370 g/mol. The summed E-state index contributed by atoms with van der Waals surface area (Å²) in [6, 6.07) is 8.12. The molecule has 9 heteroatoms. The zero-order valence-electron chi connectivity index (χ0n) is 13.5. The summed E-state index contributed by atoms with van der Waals surface area (Å²) in [6.45, 7) is 1.43. The number of benzene rings is 1. The number of thiophene rings is 1. The van der Waals surface area contributed by atoms with Crippen LogP contribution in [0.5, 0.6) is 11.5 Å². The lowest BCUT2D eigenvalue weighted by Gasteiger charge is -2.12. The van der Waals surface area contributed by atoms with Crippen molar-refractivity contribution in [3.8, 4) is 11.5 Å². The van der Waals surface area contributed by atoms with Crippen LogP contribution >= 0.6 is 11.3 Å². The fourth-order valence-corrected chi connectivity index (χ4v) is 4.19. The maximum Gasteiger partial charge on any atom is 0.250 e. The number of ether oxygens (including phenoxy) is 2. The quantitative estimate of drug-likeness (QED) is 0.777. The van der Waals surface area contributed by atoms with E-state index in [1.807, 2.05) is 6.92 Å². The maximum absolute atomic E-state index is 12.1. The third-order valence-corrected chi connectivity index (χ3v) is 5.98. The van der Waals surface area contributed by atoms with Crippen LogP contribution in [0.4, 0.5) is 5.69 Å². The summed E-state index contributed by atoms with van der Waals surface area (Å²) in [5.41, 5.74) is 0.425. The van der Waals surface area contributed by atoms with Gasteiger partial charge in [0.2, 0.25) is 5.91 Å². The van der Waals surface area contributed by atoms with E-state index in [0.29, 0.717) is 17.2 Å². The van der Waals surface area contributed by atoms with Crippen LogP contribution in [0.2, 0.25) is 0 Å². The second-order valence-corrected chi connectivity index (χ2v) is 8.09. The number of sulfonamides is 1. The van der Waals surface area contributed by atoms with E-state index in [2.05, 4.69) is 10.0 Å². The van der Waals surface area contributed by atoms with Crippen LogP contribution in [0.3, 0.4) is 0 Å². The molecule has 0 saturated carbocycles. The molecule has 0 radical (unpaired) electrons. The Balaban J connectivity index is 2.01. The van der Waals surface area contributed by atoms with Crippen LogP contribution in [0.15, 0.2) is 34.5 Å². The normalized spacial score (nSPS) is 11.1. The number of nitrogens with one attached hydrogen (secondary N) is 2. The standard InChI is InChI=1S/C15H18N2O5S2/c1-10-4-7-15(23-10)24(19,20)16-9-14(18)17-12-6-5-11(21-2)8-13(12)22-3/h4-8,16H,9H2,1-3H3,(H,17,18). The van der Waals surface area contributed by atoms with E-state index in [9.17, 15) is 13.2 Å². The number of anilines is 1. The molecule has 0 aliphatic heterocycles. The minimum atomic E-state index is -3.70. The molecule has 7 nitrogen and oxygen atoms in total. The minimum Gasteiger partial charge on any atom is -0.497 e. The average Bonchev–Trinajstić information content (AvgIpc) is 3.01. The van der Waals surface area contributed by atoms with E-state index in [4.69, 9.17) is 9.47 Å². The summed E-state index contributed by atoms with van der Waals surface area (Å²) in [6.07, 6.45) is 0. The number of aryl methyl sites for hydroxylation is 1. The van der Waals surface area contributed by atoms with Gasteiger partial charge in [0, 0.05) is 10.9 Å². The van der Waals surface area contributed by atoms with Crippen molar-refractivity contribution in [3.05, 3.63) is 35.2 Å². The van der Waals surface area contributed by atoms with Gasteiger partial charge in [-0.15, -0.1) is 11.3 Å². The third kappa shape index (κ3) is 4.47. The van der Waals surface area contributed by atoms with Crippen molar-refractivity contribution in [2.24, 2.45) is 0 Å². The molecule has 1 aromatic carbocycles. The van der Waals surface area contributed by atoms with Crippen LogP contribution in [-0.4, -0.2) is 35.1 Å². The molecular weight excluding hydrogens is 352 g/mol. The number of carbonyl (C=O) groups excluding carboxylic acids is 1. The summed E-state index contributed by atoms with van der Waals surface area (Å²) in [4.78, 5) is 12.9. The monoisotopic (exact) mass is 370 g/mol. The first-order valence-electron chi connectivity index (χ1n) is 6.93. The highest BCUT2D eigenvalue weighted by molar-refractivity contribution is 7.91. The number of carbonyl (C=O) groups is 1. The maximum atomic E-state index is 12.1. The molecule has 1 heterocycles. The van der Waals surface area contributed by atoms with Gasteiger partial charge in [-0.3, -0.25) is 4.79 Å². The topological polar surface area (TPSA) is 93.7 Å². The smallest absolute Gasteiger partial charge is 0.250 e. The Hall–Kier alpha value is -2.10. The highest BCUT2D eigenvalue weighted by Gasteiger charge is 2.18. The lowest BCUT2D eigenvalue weighted by Crippen LogP contribution is -2.32. The van der Waals surface area contributed by atoms with Crippen LogP contribution in [-0.2, 0) is 14.8 Å². The largest absolute Gasteiger partial charge is 0.497 e. The second-order valence-electron chi connectivity index (χ2n) is 4.80. The molecule has 0 bridgehead atoms. The van der Waals surface area contributed by atoms with Crippen molar-refractivity contribution in [2.75, 3.05) is 26.1 Å². The Morgan fingerprint density at radius 2 is 1.92 bits per heavy atom. The van der Waals surface area contributed by atoms with Gasteiger partial charge in [-0.05, 0) is 31.2 Å². The molecule has 0 atom stereocenters. The van der Waals surface area contributed by atoms with E-state index >= 15 is 0 Å². The SMILES string of the molecule is COc1ccc(NC(=O)CNS(=O)(=O)c2ccc(C)s2)c(OC)c1. The Bertz CT molecular complexity index is 830. The summed E-state index contributed by atoms with van der Waals surface area (Å²) in [5.74, 6) is 0.494. The van der Waals surface area contributed by atoms with E-state index in [-0.39, 0.29) is 10.8 Å². The summed E-state index contributed by atoms with van der Waals surface area (Å²) in [5, 5.41) is 2.60. The van der Waals surface area contributed by atoms with Crippen LogP contribution < -0.4 is 19.5 Å². The number of amides is 1. The fourth-order valence-electron chi connectivity index (χ4n) is 1.88. The highest BCUT2D eigenvalue weighted by Crippen LogP contribution is 2.28. The highest BCUT2D eigenvalue weighted by atomic mass is 32.2. The van der Waals surface area contributed by atoms with Crippen molar-refractivity contribution >= 4 is 33.0 Å². The van der Waals surface area contributed by atoms with Gasteiger partial charge >= 0.3 is 0 Å². The first-order chi connectivity index (χ1) is 11.4. The molecule has 2 rings (SSSR count). The molecule has 0 fully saturated rings. The number of methoxy groups -OCH3 is 2. The summed E-state index contributed by atoms with van der Waals surface area (Å²) >= 11 is 1.14. The molecule has 0 saturated heterocycles. The lowest BCUT2D eigenvalue weighted by molar-refractivity contribution is -0.115. The molecule has 130 valence electrons. The molecule has 0 spiro atoms. The predicted molar refractivity (Wildman–Crippen MR) is 92.4 cm³/mol. The Morgan fingerprint density at radius 3 is 2.50 bits per heavy atom. The second kappa shape index (κ2) is 7.65. The Labute approximate surface area is 144 Å². The van der Waals surface area contributed by atoms with Gasteiger partial charge in [-0.1, -0.05) is 0 Å². The number of hydrogen-bond donors (Lipinski definition) is 2. The van der Waals surface area contributed by atoms with Crippen LogP contribution in [0.25, 0.3) is 0 Å². The lowest BCUT2D eigenvalue weighted by atomic mass is 10.2. The van der Waals surface area contributed by atoms with Gasteiger partial charge in [-0.25, -0.2) is 13.1 Å². The van der Waals surface area contributed by atoms with Crippen molar-refractivity contribution in [1.82, 2.24) is 4.72 Å². The van der Waals surface area contributed by atoms with E-state index < -0.39 is 15.9 Å². The molecule has 1 aromatic heterocycles. The summed E-state index contributed by atoms with van der Waals surface area (Å²) in [7, 11) is -0.710. The molecule has 2 N–H and O–H groups in total. The fraction of sp³-hybridized carbons (Fsp3) is 0.267. The van der Waals surface area contributed by atoms with Crippen LogP contribution in [0, 0.1) is 6.92 Å². The van der Waals surface area contributed by atoms with E-state index in [1.165, 1.54) is 20.3 Å². The van der Waals surface area contributed by atoms with Crippen molar-refractivity contribution < 1.29 is 22.7 Å². The van der Waals surface area contributed by atoms with E-state index in [1.54, 1.807) is 24.3 Å². The molecular formula is C15H18N2O5S2. The zero-order chi connectivity index (χ0) is 17.7. The van der Waals surface area contributed by atoms with Crippen molar-refractivity contribution in [2.45, 2.75) is 11.1 Å². The van der Waals surface area contributed by atoms with E-state index in [0.717, 1.165) is 16.2 Å². The molecule has 0 aliphatic carbocycles. The number of rotatable bonds is 7. The third-order valence-electron chi connectivity index (χ3n) is 3.09. The van der Waals surface area contributed by atoms with Crippen molar-refractivity contribution in [3.63, 3.8) is 0 Å². The predicted octanol–water partition coefficient (Wildman–Crippen LogP) is 1.99. The van der Waals surface area contributed by atoms with Crippen molar-refractivity contribution in [1.29, 1.82) is 0 Å². The zero-order valence-corrected chi connectivity index (χ0v) is 15.1. The van der Waals surface area contributed by atoms with Gasteiger partial charge in [0.25, 0.3) is 10.0 Å². The Morgan fingerprint density at radius 1 is 1.17 bits per heavy atom. The molecule has 1 amide bonds. The molecule has 24 heavy (non-hydrogen) atoms. The van der Waals surface area contributed by atoms with Gasteiger partial charge in [-0.2, -0.15) is 0 Å².